The first kappa shape index (κ1) is 12.8. The van der Waals surface area contributed by atoms with E-state index in [1.807, 2.05) is 31.2 Å². The third kappa shape index (κ3) is 2.95. The van der Waals surface area contributed by atoms with Gasteiger partial charge in [-0.15, -0.1) is 5.10 Å². The van der Waals surface area contributed by atoms with Gasteiger partial charge in [0.25, 0.3) is 0 Å². The Hall–Kier alpha value is -1.69. The van der Waals surface area contributed by atoms with E-state index < -0.39 is 0 Å². The summed E-state index contributed by atoms with van der Waals surface area (Å²) >= 11 is 1.49. The van der Waals surface area contributed by atoms with Crippen molar-refractivity contribution in [3.8, 4) is 5.75 Å². The Balaban J connectivity index is 1.82. The molecule has 5 nitrogen and oxygen atoms in total. The summed E-state index contributed by atoms with van der Waals surface area (Å²) in [6, 6.07) is 7.90. The number of nitrogens with one attached hydrogen (secondary N) is 1. The van der Waals surface area contributed by atoms with Gasteiger partial charge in [-0.2, -0.15) is 0 Å². The quantitative estimate of drug-likeness (QED) is 0.659. The van der Waals surface area contributed by atoms with Crippen LogP contribution in [0.25, 0.3) is 0 Å². The summed E-state index contributed by atoms with van der Waals surface area (Å²) in [5.74, 6) is 1.64. The van der Waals surface area contributed by atoms with E-state index in [1.54, 1.807) is 7.05 Å². The molecule has 0 aliphatic rings. The average Bonchev–Trinajstić information content (AvgIpc) is 2.68. The molecular weight excluding hydrogens is 250 g/mol. The third-order valence-electron chi connectivity index (χ3n) is 2.50. The summed E-state index contributed by atoms with van der Waals surface area (Å²) in [5.41, 5.74) is 0.923. The maximum Gasteiger partial charge on any atom is 0.343 e. The number of thioether (sulfide) groups is 1. The minimum Gasteiger partial charge on any atom is -0.492 e. The Kier molecular flexibility index (Phi) is 4.09. The van der Waals surface area contributed by atoms with Crippen molar-refractivity contribution in [1.82, 2.24) is 14.8 Å². The van der Waals surface area contributed by atoms with Gasteiger partial charge in [-0.05, 0) is 18.6 Å². The molecule has 0 saturated carbocycles. The highest BCUT2D eigenvalue weighted by atomic mass is 32.2. The zero-order valence-corrected chi connectivity index (χ0v) is 11.2. The lowest BCUT2D eigenvalue weighted by Crippen LogP contribution is -2.13. The summed E-state index contributed by atoms with van der Waals surface area (Å²) in [6.45, 7) is 2.59. The molecular formula is C12H15N3O2S. The number of nitrogens with zero attached hydrogens (tertiary/aromatic N) is 2. The van der Waals surface area contributed by atoms with Crippen molar-refractivity contribution in [2.75, 3.05) is 12.4 Å². The highest BCUT2D eigenvalue weighted by Crippen LogP contribution is 2.17. The van der Waals surface area contributed by atoms with E-state index in [-0.39, 0.29) is 5.69 Å². The number of aromatic amines is 1. The van der Waals surface area contributed by atoms with Crippen LogP contribution < -0.4 is 10.4 Å². The number of aromatic nitrogens is 3. The van der Waals surface area contributed by atoms with Crippen molar-refractivity contribution in [3.63, 3.8) is 0 Å². The summed E-state index contributed by atoms with van der Waals surface area (Å²) in [5, 5.41) is 6.99. The van der Waals surface area contributed by atoms with Gasteiger partial charge >= 0.3 is 5.69 Å². The Morgan fingerprint density at radius 1 is 1.44 bits per heavy atom. The van der Waals surface area contributed by atoms with E-state index in [0.717, 1.165) is 17.1 Å². The molecule has 1 heterocycles. The van der Waals surface area contributed by atoms with E-state index in [4.69, 9.17) is 4.74 Å². The molecule has 18 heavy (non-hydrogen) atoms. The van der Waals surface area contributed by atoms with Crippen LogP contribution in [-0.2, 0) is 7.05 Å². The summed E-state index contributed by atoms with van der Waals surface area (Å²) in [4.78, 5) is 11.1. The normalized spacial score (nSPS) is 10.6. The maximum absolute atomic E-state index is 11.1. The van der Waals surface area contributed by atoms with Crippen molar-refractivity contribution in [3.05, 3.63) is 40.3 Å². The second-order valence-electron chi connectivity index (χ2n) is 3.83. The summed E-state index contributed by atoms with van der Waals surface area (Å²) in [6.07, 6.45) is 0. The van der Waals surface area contributed by atoms with Gasteiger partial charge in [0.05, 0.1) is 6.61 Å². The van der Waals surface area contributed by atoms with Crippen molar-refractivity contribution < 1.29 is 4.74 Å². The minimum atomic E-state index is -0.197. The van der Waals surface area contributed by atoms with Gasteiger partial charge in [-0.3, -0.25) is 4.57 Å². The molecule has 0 aliphatic heterocycles. The number of ether oxygens (including phenoxy) is 1. The zero-order valence-electron chi connectivity index (χ0n) is 10.3. The lowest BCUT2D eigenvalue weighted by molar-refractivity contribution is 0.341. The number of hydrogen-bond acceptors (Lipinski definition) is 4. The van der Waals surface area contributed by atoms with Gasteiger partial charge < -0.3 is 4.74 Å². The Morgan fingerprint density at radius 3 is 2.89 bits per heavy atom. The van der Waals surface area contributed by atoms with Crippen LogP contribution >= 0.6 is 11.8 Å². The molecule has 1 aromatic heterocycles. The van der Waals surface area contributed by atoms with E-state index in [2.05, 4.69) is 10.2 Å². The molecule has 0 unspecified atom stereocenters. The maximum atomic E-state index is 11.1. The van der Waals surface area contributed by atoms with Gasteiger partial charge in [-0.1, -0.05) is 30.0 Å². The topological polar surface area (TPSA) is 59.9 Å². The van der Waals surface area contributed by atoms with Crippen LogP contribution in [0, 0.1) is 6.92 Å². The Morgan fingerprint density at radius 2 is 2.22 bits per heavy atom. The molecule has 1 N–H and O–H groups in total. The molecule has 6 heteroatoms. The van der Waals surface area contributed by atoms with Crippen LogP contribution in [0.4, 0.5) is 0 Å². The number of H-pyrrole nitrogens is 1. The summed E-state index contributed by atoms with van der Waals surface area (Å²) < 4.78 is 7.14. The lowest BCUT2D eigenvalue weighted by atomic mass is 10.2. The third-order valence-corrected chi connectivity index (χ3v) is 3.50. The van der Waals surface area contributed by atoms with Crippen LogP contribution in [0.2, 0.25) is 0 Å². The first-order valence-electron chi connectivity index (χ1n) is 5.61. The van der Waals surface area contributed by atoms with Gasteiger partial charge in [0.1, 0.15) is 5.75 Å². The molecule has 96 valence electrons. The fraction of sp³-hybridized carbons (Fsp3) is 0.333. The lowest BCUT2D eigenvalue weighted by Gasteiger charge is -2.07. The summed E-state index contributed by atoms with van der Waals surface area (Å²) in [7, 11) is 1.69. The van der Waals surface area contributed by atoms with Gasteiger partial charge in [0.2, 0.25) is 0 Å². The monoisotopic (exact) mass is 265 g/mol. The van der Waals surface area contributed by atoms with Crippen molar-refractivity contribution in [2.45, 2.75) is 12.1 Å². The van der Waals surface area contributed by atoms with Crippen LogP contribution in [-0.4, -0.2) is 27.1 Å². The van der Waals surface area contributed by atoms with Crippen LogP contribution in [0.5, 0.6) is 5.75 Å². The number of aryl methyl sites for hydroxylation is 1. The first-order valence-corrected chi connectivity index (χ1v) is 6.59. The molecule has 0 saturated heterocycles. The SMILES string of the molecule is Cc1ccccc1OCCSc1n[nH]c(=O)n1C. The molecule has 0 radical (unpaired) electrons. The first-order chi connectivity index (χ1) is 8.68. The Labute approximate surface area is 109 Å². The van der Waals surface area contributed by atoms with E-state index in [1.165, 1.54) is 16.3 Å². The number of benzene rings is 1. The van der Waals surface area contributed by atoms with E-state index >= 15 is 0 Å². The van der Waals surface area contributed by atoms with Crippen molar-refractivity contribution >= 4 is 11.8 Å². The minimum absolute atomic E-state index is 0.197. The van der Waals surface area contributed by atoms with Crippen LogP contribution in [0.1, 0.15) is 5.56 Å². The number of rotatable bonds is 5. The van der Waals surface area contributed by atoms with Crippen LogP contribution in [0.15, 0.2) is 34.2 Å². The average molecular weight is 265 g/mol. The second-order valence-corrected chi connectivity index (χ2v) is 4.89. The van der Waals surface area contributed by atoms with Crippen molar-refractivity contribution in [1.29, 1.82) is 0 Å². The zero-order chi connectivity index (χ0) is 13.0. The fourth-order valence-electron chi connectivity index (χ4n) is 1.46. The molecule has 0 aliphatic carbocycles. The fourth-order valence-corrected chi connectivity index (χ4v) is 2.20. The van der Waals surface area contributed by atoms with Crippen molar-refractivity contribution in [2.24, 2.45) is 7.05 Å². The van der Waals surface area contributed by atoms with Gasteiger partial charge in [-0.25, -0.2) is 9.89 Å². The Bertz CT molecular complexity index is 577. The van der Waals surface area contributed by atoms with E-state index in [0.29, 0.717) is 11.8 Å². The largest absolute Gasteiger partial charge is 0.492 e. The highest BCUT2D eigenvalue weighted by molar-refractivity contribution is 7.99. The van der Waals surface area contributed by atoms with Gasteiger partial charge in [0.15, 0.2) is 5.16 Å². The standard InChI is InChI=1S/C12H15N3O2S/c1-9-5-3-4-6-10(9)17-7-8-18-12-14-13-11(16)15(12)2/h3-6H,7-8H2,1-2H3,(H,13,16). The number of para-hydroxylation sites is 1. The van der Waals surface area contributed by atoms with Crippen LogP contribution in [0.3, 0.4) is 0 Å². The van der Waals surface area contributed by atoms with Gasteiger partial charge in [0, 0.05) is 12.8 Å². The second kappa shape index (κ2) is 5.77. The molecule has 0 spiro atoms. The molecule has 0 amide bonds. The molecule has 0 atom stereocenters. The molecule has 0 bridgehead atoms. The molecule has 1 aromatic carbocycles. The molecule has 2 aromatic rings. The number of hydrogen-bond donors (Lipinski definition) is 1. The molecule has 0 fully saturated rings. The van der Waals surface area contributed by atoms with E-state index in [9.17, 15) is 4.79 Å². The highest BCUT2D eigenvalue weighted by Gasteiger charge is 2.04. The predicted octanol–water partition coefficient (Wildman–Crippen LogP) is 1.59. The predicted molar refractivity (Wildman–Crippen MR) is 71.2 cm³/mol. The molecule has 2 rings (SSSR count). The smallest absolute Gasteiger partial charge is 0.343 e.